The first-order valence-corrected chi connectivity index (χ1v) is 16.1. The summed E-state index contributed by atoms with van der Waals surface area (Å²) in [5.74, 6) is -2.01. The summed E-state index contributed by atoms with van der Waals surface area (Å²) in [7, 11) is 1.34. The van der Waals surface area contributed by atoms with Crippen molar-refractivity contribution in [3.63, 3.8) is 0 Å². The van der Waals surface area contributed by atoms with E-state index in [0.717, 1.165) is 11.1 Å². The molecule has 1 saturated heterocycles. The van der Waals surface area contributed by atoms with E-state index in [1.165, 1.54) is 7.11 Å². The Morgan fingerprint density at radius 2 is 1.45 bits per heavy atom. The van der Waals surface area contributed by atoms with Gasteiger partial charge in [-0.2, -0.15) is 0 Å². The largest absolute Gasteiger partial charge is 0.444 e. The average molecular weight is 658 g/mol. The maximum absolute atomic E-state index is 13.9. The van der Waals surface area contributed by atoms with Crippen LogP contribution in [0, 0.1) is 11.8 Å². The van der Waals surface area contributed by atoms with Crippen LogP contribution in [0.3, 0.4) is 0 Å². The lowest BCUT2D eigenvalue weighted by atomic mass is 9.88. The first kappa shape index (κ1) is 37.9. The van der Waals surface area contributed by atoms with Gasteiger partial charge < -0.3 is 45.5 Å². The topological polar surface area (TPSA) is 176 Å². The summed E-state index contributed by atoms with van der Waals surface area (Å²) in [5.41, 5.74) is 1.000. The van der Waals surface area contributed by atoms with Crippen molar-refractivity contribution >= 4 is 17.9 Å². The smallest absolute Gasteiger partial charge is 0.407 e. The standard InChI is InChI=1S/C35H51N3O9/c1-21(2)28(32(43)36-20-27-29(40)30(41)33(45-6)46-27)38-31(42)24(17-22-13-9-7-10-14-22)19-26(39)25(18-23-15-11-8-12-16-23)37-34(44)47-35(3,4)5/h7-16,21,24-30,33,39-41H,17-20H2,1-6H3,(H,36,43)(H,37,44)(H,38,42)/t24-,25+,26+,27-,28+,29-,30-,33-/m1/s1. The van der Waals surface area contributed by atoms with E-state index >= 15 is 0 Å². The highest BCUT2D eigenvalue weighted by Crippen LogP contribution is 2.22. The molecule has 0 aliphatic carbocycles. The van der Waals surface area contributed by atoms with E-state index in [2.05, 4.69) is 16.0 Å². The third-order valence-electron chi connectivity index (χ3n) is 7.96. The van der Waals surface area contributed by atoms with Crippen LogP contribution in [0.1, 0.15) is 52.2 Å². The van der Waals surface area contributed by atoms with Crippen molar-refractivity contribution in [3.8, 4) is 0 Å². The summed E-state index contributed by atoms with van der Waals surface area (Å²) >= 11 is 0. The third-order valence-corrected chi connectivity index (χ3v) is 7.96. The maximum atomic E-state index is 13.9. The number of nitrogens with one attached hydrogen (secondary N) is 3. The minimum atomic E-state index is -1.26. The number of amides is 3. The summed E-state index contributed by atoms with van der Waals surface area (Å²) < 4.78 is 16.0. The van der Waals surface area contributed by atoms with Crippen molar-refractivity contribution in [2.45, 2.75) is 102 Å². The SMILES string of the molecule is CO[C@@H]1O[C@H](CNC(=O)[C@@H](NC(=O)[C@H](Cc2ccccc2)C[C@H](O)[C@H](Cc2ccccc2)NC(=O)OC(C)(C)C)C(C)C)[C@@H](O)[C@H]1O. The average Bonchev–Trinajstić information content (AvgIpc) is 3.29. The number of carbonyl (C=O) groups is 3. The molecule has 2 aromatic rings. The van der Waals surface area contributed by atoms with E-state index < -0.39 is 72.2 Å². The summed E-state index contributed by atoms with van der Waals surface area (Å²) in [4.78, 5) is 40.0. The lowest BCUT2D eigenvalue weighted by molar-refractivity contribution is -0.149. The van der Waals surface area contributed by atoms with Crippen LogP contribution in [0.4, 0.5) is 4.79 Å². The number of aliphatic hydroxyl groups is 3. The van der Waals surface area contributed by atoms with Gasteiger partial charge in [-0.3, -0.25) is 9.59 Å². The Balaban J connectivity index is 1.77. The Kier molecular flexibility index (Phi) is 14.2. The molecule has 3 amide bonds. The summed E-state index contributed by atoms with van der Waals surface area (Å²) in [6.45, 7) is 8.72. The fourth-order valence-electron chi connectivity index (χ4n) is 5.44. The zero-order chi connectivity index (χ0) is 34.7. The molecule has 2 aromatic carbocycles. The molecule has 8 atom stereocenters. The quantitative estimate of drug-likeness (QED) is 0.168. The van der Waals surface area contributed by atoms with Crippen LogP contribution < -0.4 is 16.0 Å². The van der Waals surface area contributed by atoms with Gasteiger partial charge in [0.15, 0.2) is 6.29 Å². The van der Waals surface area contributed by atoms with Crippen molar-refractivity contribution in [2.24, 2.45) is 11.8 Å². The summed E-state index contributed by atoms with van der Waals surface area (Å²) in [5, 5.41) is 40.3. The zero-order valence-electron chi connectivity index (χ0n) is 28.1. The van der Waals surface area contributed by atoms with E-state index in [4.69, 9.17) is 14.2 Å². The Morgan fingerprint density at radius 3 is 1.96 bits per heavy atom. The second-order valence-electron chi connectivity index (χ2n) is 13.4. The van der Waals surface area contributed by atoms with Crippen LogP contribution in [0.15, 0.2) is 60.7 Å². The number of methoxy groups -OCH3 is 1. The van der Waals surface area contributed by atoms with Crippen molar-refractivity contribution in [1.29, 1.82) is 0 Å². The van der Waals surface area contributed by atoms with Crippen LogP contribution in [-0.4, -0.2) is 95.3 Å². The van der Waals surface area contributed by atoms with Gasteiger partial charge in [0.1, 0.15) is 30.0 Å². The lowest BCUT2D eigenvalue weighted by Gasteiger charge is -2.30. The second-order valence-corrected chi connectivity index (χ2v) is 13.4. The van der Waals surface area contributed by atoms with Gasteiger partial charge in [-0.05, 0) is 57.1 Å². The predicted octanol–water partition coefficient (Wildman–Crippen LogP) is 2.08. The molecular weight excluding hydrogens is 606 g/mol. The van der Waals surface area contributed by atoms with E-state index in [1.54, 1.807) is 34.6 Å². The normalized spacial score (nSPS) is 22.2. The molecule has 1 heterocycles. The molecule has 0 radical (unpaired) electrons. The van der Waals surface area contributed by atoms with Gasteiger partial charge in [0, 0.05) is 19.6 Å². The molecule has 0 aromatic heterocycles. The fraction of sp³-hybridized carbons (Fsp3) is 0.571. The van der Waals surface area contributed by atoms with Gasteiger partial charge in [0.25, 0.3) is 0 Å². The second kappa shape index (κ2) is 17.6. The lowest BCUT2D eigenvalue weighted by Crippen LogP contribution is -2.54. The van der Waals surface area contributed by atoms with Gasteiger partial charge in [-0.25, -0.2) is 4.79 Å². The number of benzene rings is 2. The summed E-state index contributed by atoms with van der Waals surface area (Å²) in [6, 6.07) is 17.0. The fourth-order valence-corrected chi connectivity index (χ4v) is 5.44. The Hall–Kier alpha value is -3.55. The molecule has 12 nitrogen and oxygen atoms in total. The summed E-state index contributed by atoms with van der Waals surface area (Å²) in [6.07, 6.45) is -5.71. The minimum absolute atomic E-state index is 0.0150. The zero-order valence-corrected chi connectivity index (χ0v) is 28.1. The highest BCUT2D eigenvalue weighted by atomic mass is 16.7. The molecular formula is C35H51N3O9. The van der Waals surface area contributed by atoms with Gasteiger partial charge in [-0.1, -0.05) is 74.5 Å². The Labute approximate surface area is 277 Å². The number of hydrogen-bond acceptors (Lipinski definition) is 9. The monoisotopic (exact) mass is 657 g/mol. The van der Waals surface area contributed by atoms with Crippen LogP contribution >= 0.6 is 0 Å². The predicted molar refractivity (Wildman–Crippen MR) is 175 cm³/mol. The highest BCUT2D eigenvalue weighted by molar-refractivity contribution is 5.88. The van der Waals surface area contributed by atoms with Gasteiger partial charge in [0.05, 0.1) is 12.1 Å². The Bertz CT molecular complexity index is 1270. The molecule has 1 fully saturated rings. The van der Waals surface area contributed by atoms with Crippen LogP contribution in [0.25, 0.3) is 0 Å². The highest BCUT2D eigenvalue weighted by Gasteiger charge is 2.43. The molecule has 6 N–H and O–H groups in total. The van der Waals surface area contributed by atoms with Crippen LogP contribution in [0.2, 0.25) is 0 Å². The van der Waals surface area contributed by atoms with E-state index in [-0.39, 0.29) is 25.3 Å². The molecule has 47 heavy (non-hydrogen) atoms. The first-order chi connectivity index (χ1) is 22.2. The van der Waals surface area contributed by atoms with E-state index in [0.29, 0.717) is 6.42 Å². The third kappa shape index (κ3) is 11.9. The molecule has 0 bridgehead atoms. The number of carbonyl (C=O) groups excluding carboxylic acids is 3. The van der Waals surface area contributed by atoms with Crippen LogP contribution in [-0.2, 0) is 36.6 Å². The number of rotatable bonds is 15. The molecule has 0 spiro atoms. The minimum Gasteiger partial charge on any atom is -0.444 e. The number of ether oxygens (including phenoxy) is 3. The van der Waals surface area contributed by atoms with E-state index in [1.807, 2.05) is 60.7 Å². The van der Waals surface area contributed by atoms with E-state index in [9.17, 15) is 29.7 Å². The van der Waals surface area contributed by atoms with Crippen molar-refractivity contribution in [3.05, 3.63) is 71.8 Å². The Morgan fingerprint density at radius 1 is 0.872 bits per heavy atom. The van der Waals surface area contributed by atoms with Crippen molar-refractivity contribution < 1.29 is 43.9 Å². The van der Waals surface area contributed by atoms with Gasteiger partial charge >= 0.3 is 6.09 Å². The molecule has 1 aliphatic heterocycles. The van der Waals surface area contributed by atoms with Gasteiger partial charge in [0.2, 0.25) is 11.8 Å². The molecule has 1 aliphatic rings. The van der Waals surface area contributed by atoms with Crippen LogP contribution in [0.5, 0.6) is 0 Å². The van der Waals surface area contributed by atoms with Crippen molar-refractivity contribution in [1.82, 2.24) is 16.0 Å². The molecule has 260 valence electrons. The molecule has 0 unspecified atom stereocenters. The maximum Gasteiger partial charge on any atom is 0.407 e. The number of hydrogen-bond donors (Lipinski definition) is 6. The van der Waals surface area contributed by atoms with Gasteiger partial charge in [-0.15, -0.1) is 0 Å². The molecule has 0 saturated carbocycles. The first-order valence-electron chi connectivity index (χ1n) is 16.1. The number of aliphatic hydroxyl groups excluding tert-OH is 3. The van der Waals surface area contributed by atoms with Crippen molar-refractivity contribution in [2.75, 3.05) is 13.7 Å². The molecule has 12 heteroatoms. The molecule has 3 rings (SSSR count). The number of alkyl carbamates (subject to hydrolysis) is 1.